The lowest BCUT2D eigenvalue weighted by molar-refractivity contribution is 0.462. The van der Waals surface area contributed by atoms with Crippen LogP contribution in [0.15, 0.2) is 24.9 Å². The third kappa shape index (κ3) is 2.82. The number of pyridine rings is 1. The van der Waals surface area contributed by atoms with Crippen LogP contribution < -0.4 is 5.32 Å². The van der Waals surface area contributed by atoms with Crippen molar-refractivity contribution in [3.8, 4) is 0 Å². The van der Waals surface area contributed by atoms with Crippen molar-refractivity contribution in [2.45, 2.75) is 38.1 Å². The monoisotopic (exact) mass is 202 g/mol. The highest BCUT2D eigenvalue weighted by Crippen LogP contribution is 2.20. The van der Waals surface area contributed by atoms with Crippen LogP contribution in [0.2, 0.25) is 0 Å². The van der Waals surface area contributed by atoms with Crippen molar-refractivity contribution in [2.75, 3.05) is 5.32 Å². The van der Waals surface area contributed by atoms with E-state index in [0.29, 0.717) is 6.04 Å². The number of nitrogens with one attached hydrogen (secondary N) is 1. The van der Waals surface area contributed by atoms with E-state index in [1.807, 2.05) is 24.4 Å². The van der Waals surface area contributed by atoms with E-state index in [9.17, 15) is 0 Å². The summed E-state index contributed by atoms with van der Waals surface area (Å²) < 4.78 is 0. The third-order valence-electron chi connectivity index (χ3n) is 2.98. The van der Waals surface area contributed by atoms with Crippen LogP contribution in [0.25, 0.3) is 6.08 Å². The van der Waals surface area contributed by atoms with Crippen LogP contribution >= 0.6 is 0 Å². The Bertz CT molecular complexity index is 310. The molecule has 2 heteroatoms. The zero-order chi connectivity index (χ0) is 10.5. The molecule has 0 bridgehead atoms. The number of nitrogens with zero attached hydrogens (tertiary/aromatic N) is 1. The average molecular weight is 202 g/mol. The first-order valence-electron chi connectivity index (χ1n) is 5.73. The van der Waals surface area contributed by atoms with Gasteiger partial charge in [0, 0.05) is 12.2 Å². The molecular formula is C13H18N2. The smallest absolute Gasteiger partial charge is 0.126 e. The minimum absolute atomic E-state index is 0.626. The molecule has 1 N–H and O–H groups in total. The maximum Gasteiger partial charge on any atom is 0.126 e. The molecule has 1 fully saturated rings. The van der Waals surface area contributed by atoms with Crippen LogP contribution in [0.5, 0.6) is 0 Å². The summed E-state index contributed by atoms with van der Waals surface area (Å²) in [4.78, 5) is 4.36. The Morgan fingerprint density at radius 1 is 1.27 bits per heavy atom. The van der Waals surface area contributed by atoms with Crippen molar-refractivity contribution in [3.05, 3.63) is 30.5 Å². The van der Waals surface area contributed by atoms with Gasteiger partial charge in [0.1, 0.15) is 5.82 Å². The molecule has 1 heterocycles. The first-order valence-corrected chi connectivity index (χ1v) is 5.73. The third-order valence-corrected chi connectivity index (χ3v) is 2.98. The van der Waals surface area contributed by atoms with Crippen LogP contribution in [0.3, 0.4) is 0 Å². The van der Waals surface area contributed by atoms with Gasteiger partial charge >= 0.3 is 0 Å². The Labute approximate surface area is 91.4 Å². The Morgan fingerprint density at radius 2 is 2.07 bits per heavy atom. The van der Waals surface area contributed by atoms with E-state index < -0.39 is 0 Å². The maximum atomic E-state index is 4.36. The fourth-order valence-electron chi connectivity index (χ4n) is 2.07. The Morgan fingerprint density at radius 3 is 2.67 bits per heavy atom. The molecule has 0 radical (unpaired) electrons. The van der Waals surface area contributed by atoms with E-state index in [2.05, 4.69) is 16.9 Å². The minimum Gasteiger partial charge on any atom is -0.367 e. The highest BCUT2D eigenvalue weighted by atomic mass is 15.0. The van der Waals surface area contributed by atoms with E-state index in [-0.39, 0.29) is 0 Å². The van der Waals surface area contributed by atoms with Crippen molar-refractivity contribution >= 4 is 11.9 Å². The van der Waals surface area contributed by atoms with Crippen molar-refractivity contribution < 1.29 is 0 Å². The van der Waals surface area contributed by atoms with Gasteiger partial charge in [0.15, 0.2) is 0 Å². The van der Waals surface area contributed by atoms with E-state index in [0.717, 1.165) is 11.4 Å². The molecule has 1 aromatic rings. The lowest BCUT2D eigenvalue weighted by Gasteiger charge is -2.23. The first-order chi connectivity index (χ1) is 7.38. The van der Waals surface area contributed by atoms with Crippen LogP contribution in [0, 0.1) is 0 Å². The zero-order valence-electron chi connectivity index (χ0n) is 9.08. The van der Waals surface area contributed by atoms with Gasteiger partial charge in [0.25, 0.3) is 0 Å². The fourth-order valence-corrected chi connectivity index (χ4v) is 2.07. The fraction of sp³-hybridized carbons (Fsp3) is 0.462. The number of rotatable bonds is 3. The van der Waals surface area contributed by atoms with Crippen LogP contribution in [-0.2, 0) is 0 Å². The molecule has 15 heavy (non-hydrogen) atoms. The predicted octanol–water partition coefficient (Wildman–Crippen LogP) is 3.47. The normalized spacial score (nSPS) is 17.3. The Balaban J connectivity index is 1.94. The van der Waals surface area contributed by atoms with Gasteiger partial charge in [-0.2, -0.15) is 0 Å². The van der Waals surface area contributed by atoms with E-state index in [1.165, 1.54) is 32.1 Å². The summed E-state index contributed by atoms with van der Waals surface area (Å²) in [5.74, 6) is 0.993. The molecular weight excluding hydrogens is 184 g/mol. The summed E-state index contributed by atoms with van der Waals surface area (Å²) in [5.41, 5.74) is 1.07. The molecule has 80 valence electrons. The maximum absolute atomic E-state index is 4.36. The summed E-state index contributed by atoms with van der Waals surface area (Å²) in [5, 5.41) is 3.49. The topological polar surface area (TPSA) is 24.9 Å². The second-order valence-electron chi connectivity index (χ2n) is 4.16. The van der Waals surface area contributed by atoms with Crippen LogP contribution in [-0.4, -0.2) is 11.0 Å². The molecule has 0 aliphatic heterocycles. The lowest BCUT2D eigenvalue weighted by Crippen LogP contribution is -2.22. The second-order valence-corrected chi connectivity index (χ2v) is 4.16. The van der Waals surface area contributed by atoms with Gasteiger partial charge in [-0.25, -0.2) is 4.98 Å². The predicted molar refractivity (Wildman–Crippen MR) is 64.8 cm³/mol. The van der Waals surface area contributed by atoms with Crippen molar-refractivity contribution in [2.24, 2.45) is 0 Å². The summed E-state index contributed by atoms with van der Waals surface area (Å²) in [6.45, 7) is 3.72. The van der Waals surface area contributed by atoms with Gasteiger partial charge in [-0.05, 0) is 30.5 Å². The van der Waals surface area contributed by atoms with Gasteiger partial charge < -0.3 is 5.32 Å². The Kier molecular flexibility index (Phi) is 3.38. The standard InChI is InChI=1S/C13H18N2/c1-2-11-8-9-13(14-10-11)15-12-6-4-3-5-7-12/h2,8-10,12H,1,3-7H2,(H,14,15). The molecule has 1 aliphatic rings. The molecule has 2 rings (SSSR count). The molecule has 1 saturated carbocycles. The number of hydrogen-bond acceptors (Lipinski definition) is 2. The molecule has 0 atom stereocenters. The first kappa shape index (κ1) is 10.2. The van der Waals surface area contributed by atoms with E-state index in [1.54, 1.807) is 0 Å². The molecule has 0 unspecified atom stereocenters. The number of anilines is 1. The summed E-state index contributed by atoms with van der Waals surface area (Å²) >= 11 is 0. The van der Waals surface area contributed by atoms with Crippen molar-refractivity contribution in [1.82, 2.24) is 4.98 Å². The summed E-state index contributed by atoms with van der Waals surface area (Å²) in [6, 6.07) is 4.71. The number of aromatic nitrogens is 1. The van der Waals surface area contributed by atoms with Gasteiger partial charge in [0.2, 0.25) is 0 Å². The lowest BCUT2D eigenvalue weighted by atomic mass is 9.95. The number of hydrogen-bond donors (Lipinski definition) is 1. The van der Waals surface area contributed by atoms with Gasteiger partial charge in [-0.15, -0.1) is 0 Å². The molecule has 0 aromatic carbocycles. The van der Waals surface area contributed by atoms with Gasteiger partial charge in [-0.3, -0.25) is 0 Å². The molecule has 0 saturated heterocycles. The van der Waals surface area contributed by atoms with Gasteiger partial charge in [0.05, 0.1) is 0 Å². The van der Waals surface area contributed by atoms with Gasteiger partial charge in [-0.1, -0.05) is 31.9 Å². The van der Waals surface area contributed by atoms with E-state index in [4.69, 9.17) is 0 Å². The summed E-state index contributed by atoms with van der Waals surface area (Å²) in [7, 11) is 0. The molecule has 1 aromatic heterocycles. The highest BCUT2D eigenvalue weighted by Gasteiger charge is 2.12. The quantitative estimate of drug-likeness (QED) is 0.811. The van der Waals surface area contributed by atoms with Crippen molar-refractivity contribution in [3.63, 3.8) is 0 Å². The molecule has 1 aliphatic carbocycles. The van der Waals surface area contributed by atoms with Crippen LogP contribution in [0.1, 0.15) is 37.7 Å². The highest BCUT2D eigenvalue weighted by molar-refractivity contribution is 5.48. The van der Waals surface area contributed by atoms with Crippen molar-refractivity contribution in [1.29, 1.82) is 0 Å². The molecule has 2 nitrogen and oxygen atoms in total. The second kappa shape index (κ2) is 4.96. The Hall–Kier alpha value is -1.31. The zero-order valence-corrected chi connectivity index (χ0v) is 9.08. The molecule has 0 amide bonds. The minimum atomic E-state index is 0.626. The average Bonchev–Trinajstić information content (AvgIpc) is 2.31. The summed E-state index contributed by atoms with van der Waals surface area (Å²) in [6.07, 6.45) is 10.3. The largest absolute Gasteiger partial charge is 0.367 e. The van der Waals surface area contributed by atoms with E-state index >= 15 is 0 Å². The van der Waals surface area contributed by atoms with Crippen LogP contribution in [0.4, 0.5) is 5.82 Å². The molecule has 0 spiro atoms. The SMILES string of the molecule is C=Cc1ccc(NC2CCCCC2)nc1.